The fourth-order valence-electron chi connectivity index (χ4n) is 1.29. The second-order valence-corrected chi connectivity index (χ2v) is 4.83. The zero-order valence-electron chi connectivity index (χ0n) is 6.95. The molecular weight excluding hydrogens is 309 g/mol. The average molecular weight is 313 g/mol. The smallest absolute Gasteiger partial charge is 0.151 e. The van der Waals surface area contributed by atoms with Crippen molar-refractivity contribution in [1.82, 2.24) is 0 Å². The van der Waals surface area contributed by atoms with Crippen molar-refractivity contribution in [3.63, 3.8) is 0 Å². The second-order valence-electron chi connectivity index (χ2n) is 2.75. The Morgan fingerprint density at radius 2 is 2.29 bits per heavy atom. The van der Waals surface area contributed by atoms with Gasteiger partial charge in [-0.2, -0.15) is 5.26 Å². The summed E-state index contributed by atoms with van der Waals surface area (Å²) in [6.07, 6.45) is 0.854. The van der Waals surface area contributed by atoms with E-state index >= 15 is 0 Å². The van der Waals surface area contributed by atoms with Crippen LogP contribution in [-0.2, 0) is 0 Å². The van der Waals surface area contributed by atoms with Crippen LogP contribution in [0.1, 0.15) is 15.9 Å². The van der Waals surface area contributed by atoms with E-state index in [2.05, 4.69) is 28.7 Å². The Morgan fingerprint density at radius 1 is 1.50 bits per heavy atom. The Bertz CT molecular complexity index is 553. The van der Waals surface area contributed by atoms with E-state index < -0.39 is 0 Å². The summed E-state index contributed by atoms with van der Waals surface area (Å²) >= 11 is 3.64. The molecule has 14 heavy (non-hydrogen) atoms. The molecule has 1 aromatic carbocycles. The van der Waals surface area contributed by atoms with E-state index in [1.165, 1.54) is 11.3 Å². The minimum Gasteiger partial charge on any atom is -0.298 e. The van der Waals surface area contributed by atoms with Crippen LogP contribution in [0.4, 0.5) is 0 Å². The van der Waals surface area contributed by atoms with Crippen LogP contribution in [0.5, 0.6) is 0 Å². The molecule has 1 aromatic heterocycles. The lowest BCUT2D eigenvalue weighted by molar-refractivity contribution is 0.112. The van der Waals surface area contributed by atoms with Crippen LogP contribution in [0.25, 0.3) is 10.1 Å². The standard InChI is InChI=1S/C10H4INOS/c11-8-1-6(3-12)2-9-10(8)7(4-13)5-14-9/h1-2,4-5H. The average Bonchev–Trinajstić information content (AvgIpc) is 2.61. The molecule has 0 unspecified atom stereocenters. The highest BCUT2D eigenvalue weighted by Crippen LogP contribution is 2.30. The molecule has 0 atom stereocenters. The summed E-state index contributed by atoms with van der Waals surface area (Å²) in [4.78, 5) is 10.7. The predicted molar refractivity (Wildman–Crippen MR) is 64.6 cm³/mol. The molecule has 0 saturated carbocycles. The van der Waals surface area contributed by atoms with Crippen molar-refractivity contribution in [3.05, 3.63) is 32.2 Å². The van der Waals surface area contributed by atoms with Gasteiger partial charge in [-0.15, -0.1) is 11.3 Å². The first-order valence-electron chi connectivity index (χ1n) is 3.82. The molecule has 0 bridgehead atoms. The fourth-order valence-corrected chi connectivity index (χ4v) is 3.38. The van der Waals surface area contributed by atoms with E-state index in [1.54, 1.807) is 6.07 Å². The van der Waals surface area contributed by atoms with E-state index in [4.69, 9.17) is 5.26 Å². The van der Waals surface area contributed by atoms with Crippen LogP contribution in [-0.4, -0.2) is 6.29 Å². The first-order chi connectivity index (χ1) is 6.76. The normalized spacial score (nSPS) is 10.0. The Kier molecular flexibility index (Phi) is 2.52. The molecule has 0 saturated heterocycles. The SMILES string of the molecule is N#Cc1cc(I)c2c(C=O)csc2c1. The van der Waals surface area contributed by atoms with Crippen molar-refractivity contribution in [2.75, 3.05) is 0 Å². The predicted octanol–water partition coefficient (Wildman–Crippen LogP) is 3.19. The van der Waals surface area contributed by atoms with Gasteiger partial charge in [0, 0.05) is 24.6 Å². The topological polar surface area (TPSA) is 40.9 Å². The van der Waals surface area contributed by atoms with E-state index in [0.717, 1.165) is 19.9 Å². The van der Waals surface area contributed by atoms with Crippen LogP contribution in [0.15, 0.2) is 17.5 Å². The van der Waals surface area contributed by atoms with E-state index in [1.807, 2.05) is 11.4 Å². The quantitative estimate of drug-likeness (QED) is 0.599. The molecule has 0 aliphatic carbocycles. The molecule has 68 valence electrons. The number of halogens is 1. The van der Waals surface area contributed by atoms with E-state index in [9.17, 15) is 4.79 Å². The number of carbonyl (C=O) groups excluding carboxylic acids is 1. The summed E-state index contributed by atoms with van der Waals surface area (Å²) in [5, 5.41) is 11.6. The van der Waals surface area contributed by atoms with Crippen LogP contribution < -0.4 is 0 Å². The molecule has 0 spiro atoms. The van der Waals surface area contributed by atoms with Crippen molar-refractivity contribution in [2.24, 2.45) is 0 Å². The Hall–Kier alpha value is -0.930. The molecule has 0 radical (unpaired) electrons. The third kappa shape index (κ3) is 1.42. The summed E-state index contributed by atoms with van der Waals surface area (Å²) in [7, 11) is 0. The molecule has 2 rings (SSSR count). The van der Waals surface area contributed by atoms with Crippen LogP contribution in [0.2, 0.25) is 0 Å². The number of hydrogen-bond acceptors (Lipinski definition) is 3. The van der Waals surface area contributed by atoms with E-state index in [0.29, 0.717) is 11.1 Å². The maximum atomic E-state index is 10.7. The van der Waals surface area contributed by atoms with Crippen molar-refractivity contribution in [2.45, 2.75) is 0 Å². The summed E-state index contributed by atoms with van der Waals surface area (Å²) in [6.45, 7) is 0. The number of nitriles is 1. The maximum absolute atomic E-state index is 10.7. The summed E-state index contributed by atoms with van der Waals surface area (Å²) in [6, 6.07) is 5.71. The molecule has 0 aliphatic heterocycles. The number of thiophene rings is 1. The molecule has 0 N–H and O–H groups in total. The summed E-state index contributed by atoms with van der Waals surface area (Å²) < 4.78 is 1.95. The van der Waals surface area contributed by atoms with Crippen LogP contribution in [0, 0.1) is 14.9 Å². The van der Waals surface area contributed by atoms with Gasteiger partial charge in [-0.3, -0.25) is 4.79 Å². The Morgan fingerprint density at radius 3 is 2.93 bits per heavy atom. The maximum Gasteiger partial charge on any atom is 0.151 e. The molecule has 2 nitrogen and oxygen atoms in total. The van der Waals surface area contributed by atoms with Crippen molar-refractivity contribution >= 4 is 50.3 Å². The lowest BCUT2D eigenvalue weighted by Crippen LogP contribution is -1.82. The van der Waals surface area contributed by atoms with Gasteiger partial charge in [0.1, 0.15) is 0 Å². The second kappa shape index (κ2) is 3.67. The van der Waals surface area contributed by atoms with Gasteiger partial charge in [0.05, 0.1) is 11.6 Å². The fraction of sp³-hybridized carbons (Fsp3) is 0. The van der Waals surface area contributed by atoms with Crippen molar-refractivity contribution in [3.8, 4) is 6.07 Å². The Balaban J connectivity index is 2.87. The molecule has 4 heteroatoms. The minimum atomic E-state index is 0.640. The molecule has 0 fully saturated rings. The lowest BCUT2D eigenvalue weighted by Gasteiger charge is -1.96. The number of aldehydes is 1. The highest BCUT2D eigenvalue weighted by molar-refractivity contribution is 14.1. The Labute approximate surface area is 98.3 Å². The molecule has 2 aromatic rings. The van der Waals surface area contributed by atoms with Gasteiger partial charge in [0.2, 0.25) is 0 Å². The van der Waals surface area contributed by atoms with Gasteiger partial charge >= 0.3 is 0 Å². The monoisotopic (exact) mass is 313 g/mol. The summed E-state index contributed by atoms with van der Waals surface area (Å²) in [5.41, 5.74) is 1.35. The number of fused-ring (bicyclic) bond motifs is 1. The largest absolute Gasteiger partial charge is 0.298 e. The highest BCUT2D eigenvalue weighted by atomic mass is 127. The number of rotatable bonds is 1. The number of hydrogen-bond donors (Lipinski definition) is 0. The zero-order valence-corrected chi connectivity index (χ0v) is 9.93. The van der Waals surface area contributed by atoms with Gasteiger partial charge in [-0.05, 0) is 34.7 Å². The van der Waals surface area contributed by atoms with Gasteiger partial charge in [-0.25, -0.2) is 0 Å². The number of carbonyl (C=O) groups is 1. The lowest BCUT2D eigenvalue weighted by atomic mass is 10.1. The van der Waals surface area contributed by atoms with Gasteiger partial charge in [0.25, 0.3) is 0 Å². The van der Waals surface area contributed by atoms with Crippen LogP contribution in [0.3, 0.4) is 0 Å². The number of nitrogens with zero attached hydrogens (tertiary/aromatic N) is 1. The third-order valence-corrected chi connectivity index (χ3v) is 3.71. The van der Waals surface area contributed by atoms with Gasteiger partial charge in [0.15, 0.2) is 6.29 Å². The first-order valence-corrected chi connectivity index (χ1v) is 5.78. The molecule has 0 aliphatic rings. The molecule has 0 amide bonds. The van der Waals surface area contributed by atoms with Crippen molar-refractivity contribution in [1.29, 1.82) is 5.26 Å². The molecular formula is C10H4INOS. The highest BCUT2D eigenvalue weighted by Gasteiger charge is 2.08. The zero-order chi connectivity index (χ0) is 10.1. The van der Waals surface area contributed by atoms with Crippen molar-refractivity contribution < 1.29 is 4.79 Å². The molecule has 1 heterocycles. The number of benzene rings is 1. The van der Waals surface area contributed by atoms with Gasteiger partial charge in [-0.1, -0.05) is 0 Å². The first kappa shape index (κ1) is 9.62. The third-order valence-electron chi connectivity index (χ3n) is 1.91. The van der Waals surface area contributed by atoms with E-state index in [-0.39, 0.29) is 0 Å². The van der Waals surface area contributed by atoms with Crippen LogP contribution >= 0.6 is 33.9 Å². The summed E-state index contributed by atoms with van der Waals surface area (Å²) in [5.74, 6) is 0. The van der Waals surface area contributed by atoms with Gasteiger partial charge < -0.3 is 0 Å². The minimum absolute atomic E-state index is 0.640.